The average molecular weight is 456 g/mol. The average Bonchev–Trinajstić information content (AvgIpc) is 3.40. The van der Waals surface area contributed by atoms with Crippen molar-refractivity contribution in [3.8, 4) is 0 Å². The zero-order chi connectivity index (χ0) is 22.8. The molecule has 0 spiro atoms. The Morgan fingerprint density at radius 2 is 1.88 bits per heavy atom. The van der Waals surface area contributed by atoms with Crippen molar-refractivity contribution in [2.75, 3.05) is 11.9 Å². The zero-order valence-corrected chi connectivity index (χ0v) is 18.2. The molecule has 0 bridgehead atoms. The number of aliphatic hydroxyl groups excluding tert-OH is 3. The van der Waals surface area contributed by atoms with Crippen molar-refractivity contribution in [3.05, 3.63) is 48.5 Å². The fourth-order valence-electron chi connectivity index (χ4n) is 4.67. The number of ether oxygens (including phenoxy) is 2. The van der Waals surface area contributed by atoms with Gasteiger partial charge < -0.3 is 30.1 Å². The summed E-state index contributed by atoms with van der Waals surface area (Å²) < 4.78 is 13.5. The molecule has 2 unspecified atom stereocenters. The number of nitrogens with zero attached hydrogens (tertiary/aromatic N) is 4. The minimum Gasteiger partial charge on any atom is -0.394 e. The maximum atomic E-state index is 10.4. The molecule has 5 rings (SSSR count). The minimum atomic E-state index is -1.21. The van der Waals surface area contributed by atoms with Gasteiger partial charge in [0.05, 0.1) is 31.7 Å². The van der Waals surface area contributed by atoms with Crippen molar-refractivity contribution in [2.45, 2.75) is 69.0 Å². The summed E-state index contributed by atoms with van der Waals surface area (Å²) in [7, 11) is 0. The third kappa shape index (κ3) is 4.44. The third-order valence-electron chi connectivity index (χ3n) is 6.48. The Kier molecular flexibility index (Phi) is 6.52. The summed E-state index contributed by atoms with van der Waals surface area (Å²) in [6, 6.07) is 10.2. The van der Waals surface area contributed by atoms with Crippen molar-refractivity contribution in [1.29, 1.82) is 0 Å². The lowest BCUT2D eigenvalue weighted by Gasteiger charge is -2.32. The van der Waals surface area contributed by atoms with E-state index in [1.165, 1.54) is 12.7 Å². The molecule has 1 saturated carbocycles. The van der Waals surface area contributed by atoms with E-state index < -0.39 is 31.1 Å². The first-order chi connectivity index (χ1) is 16.2. The van der Waals surface area contributed by atoms with Gasteiger partial charge in [-0.2, -0.15) is 0 Å². The van der Waals surface area contributed by atoms with Gasteiger partial charge in [0.15, 0.2) is 23.2 Å². The standard InChI is InChI=1S/C23H29N5O5/c29-10-17-19(30)20(31)23(33-17)28-13-26-18-21(24-12-25-22(18)28)27-15-8-4-5-9-16(15)32-11-14-6-2-1-3-7-14/h1-3,6-7,12-13,15-17,19-20,23,29-31H,4-5,8-11H2,(H,24,25,27)/t15?,16?,17-,19-,20-,23-/m1/s1. The molecule has 6 atom stereocenters. The first-order valence-corrected chi connectivity index (χ1v) is 11.4. The van der Waals surface area contributed by atoms with Gasteiger partial charge in [-0.3, -0.25) is 4.57 Å². The lowest BCUT2D eigenvalue weighted by molar-refractivity contribution is -0.0511. The number of nitrogens with one attached hydrogen (secondary N) is 1. The van der Waals surface area contributed by atoms with Gasteiger partial charge in [-0.15, -0.1) is 0 Å². The molecule has 2 aromatic heterocycles. The molecule has 10 heteroatoms. The van der Waals surface area contributed by atoms with Crippen LogP contribution in [0.15, 0.2) is 43.0 Å². The van der Waals surface area contributed by atoms with Crippen LogP contribution in [0.25, 0.3) is 11.2 Å². The second kappa shape index (κ2) is 9.70. The number of aliphatic hydroxyl groups is 3. The summed E-state index contributed by atoms with van der Waals surface area (Å²) in [6.45, 7) is 0.165. The number of aromatic nitrogens is 4. The molecule has 2 fully saturated rings. The summed E-state index contributed by atoms with van der Waals surface area (Å²) in [6.07, 6.45) is 2.98. The van der Waals surface area contributed by atoms with Crippen LogP contribution in [-0.4, -0.2) is 71.9 Å². The predicted octanol–water partition coefficient (Wildman–Crippen LogP) is 1.38. The largest absolute Gasteiger partial charge is 0.394 e. The van der Waals surface area contributed by atoms with Crippen LogP contribution in [-0.2, 0) is 16.1 Å². The fourth-order valence-corrected chi connectivity index (χ4v) is 4.67. The van der Waals surface area contributed by atoms with Crippen molar-refractivity contribution in [3.63, 3.8) is 0 Å². The maximum absolute atomic E-state index is 10.4. The zero-order valence-electron chi connectivity index (χ0n) is 18.2. The van der Waals surface area contributed by atoms with Crippen LogP contribution < -0.4 is 5.32 Å². The van der Waals surface area contributed by atoms with Gasteiger partial charge in [-0.25, -0.2) is 15.0 Å². The SMILES string of the molecule is OC[C@H]1O[C@@H](n2cnc3c(NC4CCCCC4OCc4ccccc4)ncnc32)[C@H](O)[C@@H]1O. The Morgan fingerprint density at radius 1 is 1.06 bits per heavy atom. The highest BCUT2D eigenvalue weighted by Gasteiger charge is 2.44. The molecular weight excluding hydrogens is 426 g/mol. The lowest BCUT2D eigenvalue weighted by atomic mass is 9.92. The van der Waals surface area contributed by atoms with Crippen molar-refractivity contribution < 1.29 is 24.8 Å². The number of hydrogen-bond acceptors (Lipinski definition) is 9. The quantitative estimate of drug-likeness (QED) is 0.417. The number of anilines is 1. The highest BCUT2D eigenvalue weighted by molar-refractivity contribution is 5.82. The summed E-state index contributed by atoms with van der Waals surface area (Å²) in [5.41, 5.74) is 2.16. The van der Waals surface area contributed by atoms with Gasteiger partial charge in [0.25, 0.3) is 0 Å². The molecular formula is C23H29N5O5. The maximum Gasteiger partial charge on any atom is 0.167 e. The molecule has 1 aromatic carbocycles. The molecule has 0 radical (unpaired) electrons. The van der Waals surface area contributed by atoms with E-state index >= 15 is 0 Å². The summed E-state index contributed by atoms with van der Waals surface area (Å²) in [4.78, 5) is 13.2. The predicted molar refractivity (Wildman–Crippen MR) is 119 cm³/mol. The highest BCUT2D eigenvalue weighted by atomic mass is 16.6. The number of fused-ring (bicyclic) bond motifs is 1. The molecule has 0 amide bonds. The number of imidazole rings is 1. The highest BCUT2D eigenvalue weighted by Crippen LogP contribution is 2.33. The van der Waals surface area contributed by atoms with Gasteiger partial charge in [-0.05, 0) is 18.4 Å². The van der Waals surface area contributed by atoms with Crippen LogP contribution in [0.2, 0.25) is 0 Å². The van der Waals surface area contributed by atoms with E-state index in [0.717, 1.165) is 31.2 Å². The number of rotatable bonds is 7. The smallest absolute Gasteiger partial charge is 0.167 e. The first-order valence-electron chi connectivity index (χ1n) is 11.4. The Bertz CT molecular complexity index is 1060. The van der Waals surface area contributed by atoms with Crippen molar-refractivity contribution in [1.82, 2.24) is 19.5 Å². The molecule has 10 nitrogen and oxygen atoms in total. The molecule has 1 saturated heterocycles. The van der Waals surface area contributed by atoms with E-state index in [-0.39, 0.29) is 12.1 Å². The molecule has 4 N–H and O–H groups in total. The van der Waals surface area contributed by atoms with E-state index in [1.807, 2.05) is 18.2 Å². The van der Waals surface area contributed by atoms with Gasteiger partial charge >= 0.3 is 0 Å². The molecule has 3 aromatic rings. The van der Waals surface area contributed by atoms with Gasteiger partial charge in [0.1, 0.15) is 24.6 Å². The Morgan fingerprint density at radius 3 is 2.67 bits per heavy atom. The molecule has 33 heavy (non-hydrogen) atoms. The van der Waals surface area contributed by atoms with Gasteiger partial charge in [0.2, 0.25) is 0 Å². The van der Waals surface area contributed by atoms with E-state index in [9.17, 15) is 15.3 Å². The third-order valence-corrected chi connectivity index (χ3v) is 6.48. The number of hydrogen-bond donors (Lipinski definition) is 4. The van der Waals surface area contributed by atoms with Gasteiger partial charge in [-0.1, -0.05) is 43.2 Å². The van der Waals surface area contributed by atoms with Crippen LogP contribution in [0.5, 0.6) is 0 Å². The molecule has 1 aliphatic heterocycles. The van der Waals surface area contributed by atoms with E-state index in [0.29, 0.717) is 23.6 Å². The second-order valence-corrected chi connectivity index (χ2v) is 8.65. The van der Waals surface area contributed by atoms with Crippen LogP contribution in [0, 0.1) is 0 Å². The Hall–Kier alpha value is -2.63. The molecule has 2 aliphatic rings. The van der Waals surface area contributed by atoms with Gasteiger partial charge in [0, 0.05) is 0 Å². The fraction of sp³-hybridized carbons (Fsp3) is 0.522. The molecule has 1 aliphatic carbocycles. The lowest BCUT2D eigenvalue weighted by Crippen LogP contribution is -2.38. The van der Waals surface area contributed by atoms with Crippen LogP contribution in [0.4, 0.5) is 5.82 Å². The van der Waals surface area contributed by atoms with E-state index in [1.54, 1.807) is 4.57 Å². The Balaban J connectivity index is 1.34. The first kappa shape index (κ1) is 22.2. The Labute approximate surface area is 191 Å². The van der Waals surface area contributed by atoms with Crippen LogP contribution in [0.3, 0.4) is 0 Å². The van der Waals surface area contributed by atoms with E-state index in [2.05, 4.69) is 32.4 Å². The van der Waals surface area contributed by atoms with Crippen molar-refractivity contribution >= 4 is 17.0 Å². The molecule has 176 valence electrons. The van der Waals surface area contributed by atoms with Crippen molar-refractivity contribution in [2.24, 2.45) is 0 Å². The minimum absolute atomic E-state index is 0.0477. The van der Waals surface area contributed by atoms with E-state index in [4.69, 9.17) is 9.47 Å². The second-order valence-electron chi connectivity index (χ2n) is 8.65. The van der Waals surface area contributed by atoms with Crippen LogP contribution >= 0.6 is 0 Å². The summed E-state index contributed by atoms with van der Waals surface area (Å²) >= 11 is 0. The molecule has 3 heterocycles. The summed E-state index contributed by atoms with van der Waals surface area (Å²) in [5, 5.41) is 33.4. The normalized spacial score (nSPS) is 30.0. The van der Waals surface area contributed by atoms with Crippen LogP contribution in [0.1, 0.15) is 37.5 Å². The summed E-state index contributed by atoms with van der Waals surface area (Å²) in [5.74, 6) is 0.589. The topological polar surface area (TPSA) is 135 Å². The number of benzene rings is 1. The monoisotopic (exact) mass is 455 g/mol.